The number of aryl methyl sites for hydroxylation is 1. The summed E-state index contributed by atoms with van der Waals surface area (Å²) in [6.45, 7) is 2.24. The van der Waals surface area contributed by atoms with E-state index in [0.717, 1.165) is 30.1 Å². The zero-order chi connectivity index (χ0) is 11.1. The van der Waals surface area contributed by atoms with E-state index >= 15 is 0 Å². The predicted molar refractivity (Wildman–Crippen MR) is 66.6 cm³/mol. The molecule has 4 nitrogen and oxygen atoms in total. The van der Waals surface area contributed by atoms with Crippen LogP contribution in [0.1, 0.15) is 12.8 Å². The van der Waals surface area contributed by atoms with Crippen molar-refractivity contribution in [2.24, 2.45) is 7.05 Å². The average molecular weight is 216 g/mol. The third-order valence-corrected chi connectivity index (χ3v) is 3.26. The fourth-order valence-electron chi connectivity index (χ4n) is 2.42. The molecule has 1 saturated heterocycles. The quantitative estimate of drug-likeness (QED) is 0.739. The van der Waals surface area contributed by atoms with Crippen molar-refractivity contribution < 1.29 is 0 Å². The van der Waals surface area contributed by atoms with Gasteiger partial charge in [-0.25, -0.2) is 0 Å². The second-order valence-corrected chi connectivity index (χ2v) is 4.42. The largest absolute Gasteiger partial charge is 0.399 e. The summed E-state index contributed by atoms with van der Waals surface area (Å²) in [5.41, 5.74) is 7.71. The number of nitrogens with two attached hydrogens (primary N) is 1. The van der Waals surface area contributed by atoms with Crippen LogP contribution in [0, 0.1) is 0 Å². The van der Waals surface area contributed by atoms with Gasteiger partial charge >= 0.3 is 0 Å². The van der Waals surface area contributed by atoms with Crippen molar-refractivity contribution in [3.63, 3.8) is 0 Å². The van der Waals surface area contributed by atoms with E-state index < -0.39 is 0 Å². The maximum Gasteiger partial charge on any atom is 0.158 e. The van der Waals surface area contributed by atoms with E-state index in [1.54, 1.807) is 0 Å². The van der Waals surface area contributed by atoms with Gasteiger partial charge in [-0.3, -0.25) is 4.68 Å². The first kappa shape index (κ1) is 9.51. The van der Waals surface area contributed by atoms with E-state index in [9.17, 15) is 0 Å². The van der Waals surface area contributed by atoms with Gasteiger partial charge in [0.15, 0.2) is 5.82 Å². The highest BCUT2D eigenvalue weighted by molar-refractivity contribution is 5.92. The van der Waals surface area contributed by atoms with Gasteiger partial charge in [-0.05, 0) is 31.0 Å². The molecule has 0 unspecified atom stereocenters. The summed E-state index contributed by atoms with van der Waals surface area (Å²) in [6, 6.07) is 6.01. The topological polar surface area (TPSA) is 47.1 Å². The Hall–Kier alpha value is -1.71. The number of nitrogens with zero attached hydrogens (tertiary/aromatic N) is 3. The fraction of sp³-hybridized carbons (Fsp3) is 0.417. The first-order valence-electron chi connectivity index (χ1n) is 5.73. The van der Waals surface area contributed by atoms with Crippen LogP contribution < -0.4 is 10.6 Å². The van der Waals surface area contributed by atoms with Crippen LogP contribution in [0.2, 0.25) is 0 Å². The molecule has 0 spiro atoms. The summed E-state index contributed by atoms with van der Waals surface area (Å²) >= 11 is 0. The Labute approximate surface area is 94.6 Å². The zero-order valence-corrected chi connectivity index (χ0v) is 9.48. The number of benzene rings is 1. The molecule has 0 radical (unpaired) electrons. The molecule has 2 N–H and O–H groups in total. The standard InChI is InChI=1S/C12H16N4/c1-15-11-8-9(13)4-5-10(11)12(14-15)16-6-2-3-7-16/h4-5,8H,2-3,6-7,13H2,1H3. The van der Waals surface area contributed by atoms with E-state index in [0.29, 0.717) is 0 Å². The second kappa shape index (κ2) is 3.40. The highest BCUT2D eigenvalue weighted by atomic mass is 15.3. The van der Waals surface area contributed by atoms with E-state index in [4.69, 9.17) is 5.73 Å². The number of fused-ring (bicyclic) bond motifs is 1. The Kier molecular flexibility index (Phi) is 2.02. The number of hydrogen-bond donors (Lipinski definition) is 1. The van der Waals surface area contributed by atoms with Crippen molar-refractivity contribution >= 4 is 22.4 Å². The lowest BCUT2D eigenvalue weighted by atomic mass is 10.2. The molecule has 1 aromatic heterocycles. The molecule has 84 valence electrons. The Morgan fingerprint density at radius 2 is 2.00 bits per heavy atom. The van der Waals surface area contributed by atoms with Gasteiger partial charge in [0.05, 0.1) is 5.52 Å². The van der Waals surface area contributed by atoms with Gasteiger partial charge in [-0.2, -0.15) is 5.10 Å². The lowest BCUT2D eigenvalue weighted by molar-refractivity contribution is 0.779. The van der Waals surface area contributed by atoms with Gasteiger partial charge in [0, 0.05) is 31.2 Å². The van der Waals surface area contributed by atoms with Gasteiger partial charge < -0.3 is 10.6 Å². The minimum Gasteiger partial charge on any atom is -0.399 e. The van der Waals surface area contributed by atoms with Crippen LogP contribution in [0.15, 0.2) is 18.2 Å². The third kappa shape index (κ3) is 1.33. The van der Waals surface area contributed by atoms with E-state index in [1.165, 1.54) is 18.2 Å². The smallest absolute Gasteiger partial charge is 0.158 e. The molecule has 0 saturated carbocycles. The summed E-state index contributed by atoms with van der Waals surface area (Å²) in [6.07, 6.45) is 2.54. The minimum absolute atomic E-state index is 0.795. The zero-order valence-electron chi connectivity index (χ0n) is 9.48. The van der Waals surface area contributed by atoms with Crippen molar-refractivity contribution in [3.05, 3.63) is 18.2 Å². The van der Waals surface area contributed by atoms with Crippen molar-refractivity contribution in [1.29, 1.82) is 0 Å². The Morgan fingerprint density at radius 3 is 2.75 bits per heavy atom. The van der Waals surface area contributed by atoms with Crippen LogP contribution in [0.25, 0.3) is 10.9 Å². The average Bonchev–Trinajstić information content (AvgIpc) is 2.87. The Balaban J connectivity index is 2.18. The molecule has 4 heteroatoms. The summed E-state index contributed by atoms with van der Waals surface area (Å²) < 4.78 is 1.92. The molecule has 16 heavy (non-hydrogen) atoms. The van der Waals surface area contributed by atoms with Crippen molar-refractivity contribution in [1.82, 2.24) is 9.78 Å². The molecular weight excluding hydrogens is 200 g/mol. The lowest BCUT2D eigenvalue weighted by Crippen LogP contribution is -2.18. The maximum absolute atomic E-state index is 5.80. The molecule has 1 aliphatic heterocycles. The predicted octanol–water partition coefficient (Wildman–Crippen LogP) is 1.76. The fourth-order valence-corrected chi connectivity index (χ4v) is 2.42. The third-order valence-electron chi connectivity index (χ3n) is 3.26. The molecular formula is C12H16N4. The van der Waals surface area contributed by atoms with E-state index in [1.807, 2.05) is 23.9 Å². The molecule has 2 heterocycles. The molecule has 1 aromatic carbocycles. The first-order valence-corrected chi connectivity index (χ1v) is 5.73. The van der Waals surface area contributed by atoms with Gasteiger partial charge in [-0.1, -0.05) is 0 Å². The Morgan fingerprint density at radius 1 is 1.25 bits per heavy atom. The summed E-state index contributed by atoms with van der Waals surface area (Å²) in [5, 5.41) is 5.81. The van der Waals surface area contributed by atoms with E-state index in [2.05, 4.69) is 16.1 Å². The molecule has 1 aliphatic rings. The second-order valence-electron chi connectivity index (χ2n) is 4.42. The molecule has 3 rings (SSSR count). The van der Waals surface area contributed by atoms with Gasteiger partial charge in [0.1, 0.15) is 0 Å². The number of rotatable bonds is 1. The van der Waals surface area contributed by atoms with Crippen LogP contribution in [0.3, 0.4) is 0 Å². The van der Waals surface area contributed by atoms with Crippen LogP contribution >= 0.6 is 0 Å². The number of nitrogen functional groups attached to an aromatic ring is 1. The van der Waals surface area contributed by atoms with Gasteiger partial charge in [-0.15, -0.1) is 0 Å². The highest BCUT2D eigenvalue weighted by Crippen LogP contribution is 2.29. The number of hydrogen-bond acceptors (Lipinski definition) is 3. The minimum atomic E-state index is 0.795. The molecule has 0 bridgehead atoms. The Bertz CT molecular complexity index is 523. The maximum atomic E-state index is 5.80. The number of aromatic nitrogens is 2. The lowest BCUT2D eigenvalue weighted by Gasteiger charge is -2.13. The van der Waals surface area contributed by atoms with E-state index in [-0.39, 0.29) is 0 Å². The van der Waals surface area contributed by atoms with Crippen LogP contribution in [-0.2, 0) is 7.05 Å². The molecule has 1 fully saturated rings. The van der Waals surface area contributed by atoms with Crippen molar-refractivity contribution in [2.45, 2.75) is 12.8 Å². The molecule has 0 amide bonds. The SMILES string of the molecule is Cn1nc(N2CCCC2)c2ccc(N)cc21. The monoisotopic (exact) mass is 216 g/mol. The van der Waals surface area contributed by atoms with Gasteiger partial charge in [0.2, 0.25) is 0 Å². The molecule has 2 aromatic rings. The normalized spacial score (nSPS) is 16.2. The molecule has 0 aliphatic carbocycles. The summed E-state index contributed by atoms with van der Waals surface area (Å²) in [7, 11) is 1.97. The van der Waals surface area contributed by atoms with Crippen molar-refractivity contribution in [3.8, 4) is 0 Å². The molecule has 0 atom stereocenters. The van der Waals surface area contributed by atoms with Crippen molar-refractivity contribution in [2.75, 3.05) is 23.7 Å². The number of anilines is 2. The summed E-state index contributed by atoms with van der Waals surface area (Å²) in [4.78, 5) is 2.36. The van der Waals surface area contributed by atoms with Crippen LogP contribution in [0.4, 0.5) is 11.5 Å². The van der Waals surface area contributed by atoms with Crippen LogP contribution in [-0.4, -0.2) is 22.9 Å². The van der Waals surface area contributed by atoms with Crippen LogP contribution in [0.5, 0.6) is 0 Å². The highest BCUT2D eigenvalue weighted by Gasteiger charge is 2.18. The summed E-state index contributed by atoms with van der Waals surface area (Å²) in [5.74, 6) is 1.11. The first-order chi connectivity index (χ1) is 7.75. The van der Waals surface area contributed by atoms with Gasteiger partial charge in [0.25, 0.3) is 0 Å².